The Morgan fingerprint density at radius 1 is 1.37 bits per heavy atom. The number of carbonyl (C=O) groups is 1. The van der Waals surface area contributed by atoms with E-state index in [1.165, 1.54) is 0 Å². The molecule has 1 aromatic carbocycles. The van der Waals surface area contributed by atoms with Crippen LogP contribution in [0.5, 0.6) is 5.75 Å². The van der Waals surface area contributed by atoms with Crippen molar-refractivity contribution < 1.29 is 9.53 Å². The van der Waals surface area contributed by atoms with Crippen LogP contribution in [0.2, 0.25) is 5.02 Å². The van der Waals surface area contributed by atoms with E-state index in [0.717, 1.165) is 43.6 Å². The molecular weight excluding hydrogens is 387 g/mol. The third-order valence-electron chi connectivity index (χ3n) is 5.13. The van der Waals surface area contributed by atoms with Crippen LogP contribution in [0, 0.1) is 5.92 Å². The minimum absolute atomic E-state index is 0. The molecule has 0 saturated carbocycles. The first kappa shape index (κ1) is 20.0. The molecule has 0 bridgehead atoms. The Balaban J connectivity index is 0.00000210. The number of fused-ring (bicyclic) bond motifs is 1. The molecule has 1 fully saturated rings. The Morgan fingerprint density at radius 2 is 2.22 bits per heavy atom. The molecule has 0 aliphatic carbocycles. The Morgan fingerprint density at radius 3 is 3.07 bits per heavy atom. The number of aromatic nitrogens is 2. The predicted molar refractivity (Wildman–Crippen MR) is 107 cm³/mol. The molecule has 1 atom stereocenters. The summed E-state index contributed by atoms with van der Waals surface area (Å²) in [5.74, 6) is 1.02. The van der Waals surface area contributed by atoms with Crippen molar-refractivity contribution in [1.29, 1.82) is 0 Å². The molecule has 1 saturated heterocycles. The van der Waals surface area contributed by atoms with Gasteiger partial charge < -0.3 is 15.0 Å². The average molecular weight is 411 g/mol. The maximum Gasteiger partial charge on any atom is 0.274 e. The molecule has 4 rings (SSSR count). The largest absolute Gasteiger partial charge is 0.492 e. The number of carbonyl (C=O) groups excluding carboxylic acids is 1. The number of hydrogen-bond donors (Lipinski definition) is 2. The third kappa shape index (κ3) is 4.39. The zero-order valence-corrected chi connectivity index (χ0v) is 16.6. The standard InChI is InChI=1S/C19H23ClN4O2.ClH/c20-15-5-1-2-6-17(15)26-12-13-4-3-9-24(11-13)19(25)18-14-10-21-8-7-16(14)22-23-18;/h1-2,5-6,13,21H,3-4,7-12H2,(H,22,23);1H. The highest BCUT2D eigenvalue weighted by Gasteiger charge is 2.29. The topological polar surface area (TPSA) is 70.2 Å². The number of rotatable bonds is 4. The molecule has 8 heteroatoms. The van der Waals surface area contributed by atoms with Crippen molar-refractivity contribution >= 4 is 29.9 Å². The van der Waals surface area contributed by atoms with Crippen LogP contribution in [0.4, 0.5) is 0 Å². The van der Waals surface area contributed by atoms with Crippen LogP contribution in [0.3, 0.4) is 0 Å². The number of piperidine rings is 1. The number of nitrogens with one attached hydrogen (secondary N) is 2. The number of ether oxygens (including phenoxy) is 1. The van der Waals surface area contributed by atoms with E-state index >= 15 is 0 Å². The lowest BCUT2D eigenvalue weighted by molar-refractivity contribution is 0.0626. The Bertz CT molecular complexity index is 796. The average Bonchev–Trinajstić information content (AvgIpc) is 3.11. The molecule has 27 heavy (non-hydrogen) atoms. The first-order chi connectivity index (χ1) is 12.7. The quantitative estimate of drug-likeness (QED) is 0.812. The van der Waals surface area contributed by atoms with Gasteiger partial charge in [-0.1, -0.05) is 23.7 Å². The van der Waals surface area contributed by atoms with Gasteiger partial charge in [-0.15, -0.1) is 12.4 Å². The summed E-state index contributed by atoms with van der Waals surface area (Å²) in [4.78, 5) is 14.9. The molecule has 1 unspecified atom stereocenters. The summed E-state index contributed by atoms with van der Waals surface area (Å²) in [6.45, 7) is 3.66. The number of hydrogen-bond acceptors (Lipinski definition) is 4. The van der Waals surface area contributed by atoms with Crippen molar-refractivity contribution in [2.24, 2.45) is 5.92 Å². The van der Waals surface area contributed by atoms with Crippen molar-refractivity contribution in [2.75, 3.05) is 26.2 Å². The molecule has 2 aliphatic heterocycles. The maximum atomic E-state index is 13.0. The first-order valence-corrected chi connectivity index (χ1v) is 9.53. The minimum atomic E-state index is 0. The van der Waals surface area contributed by atoms with E-state index in [0.29, 0.717) is 42.1 Å². The Hall–Kier alpha value is -1.76. The van der Waals surface area contributed by atoms with Crippen molar-refractivity contribution in [2.45, 2.75) is 25.8 Å². The smallest absolute Gasteiger partial charge is 0.274 e. The summed E-state index contributed by atoms with van der Waals surface area (Å²) < 4.78 is 5.88. The van der Waals surface area contributed by atoms with Gasteiger partial charge in [-0.2, -0.15) is 5.10 Å². The van der Waals surface area contributed by atoms with Crippen molar-refractivity contribution in [3.8, 4) is 5.75 Å². The highest BCUT2D eigenvalue weighted by Crippen LogP contribution is 2.26. The summed E-state index contributed by atoms with van der Waals surface area (Å²) in [7, 11) is 0. The van der Waals surface area contributed by atoms with Crippen molar-refractivity contribution in [3.63, 3.8) is 0 Å². The molecule has 2 aliphatic rings. The van der Waals surface area contributed by atoms with Gasteiger partial charge in [0.25, 0.3) is 5.91 Å². The second-order valence-electron chi connectivity index (χ2n) is 6.96. The van der Waals surface area contributed by atoms with Crippen molar-refractivity contribution in [3.05, 3.63) is 46.2 Å². The van der Waals surface area contributed by atoms with Crippen LogP contribution in [-0.2, 0) is 13.0 Å². The van der Waals surface area contributed by atoms with Gasteiger partial charge in [-0.3, -0.25) is 9.89 Å². The van der Waals surface area contributed by atoms with Gasteiger partial charge in [0.2, 0.25) is 0 Å². The van der Waals surface area contributed by atoms with Crippen LogP contribution >= 0.6 is 24.0 Å². The second-order valence-corrected chi connectivity index (χ2v) is 7.36. The lowest BCUT2D eigenvalue weighted by Crippen LogP contribution is -2.42. The number of benzene rings is 1. The van der Waals surface area contributed by atoms with E-state index in [2.05, 4.69) is 15.5 Å². The summed E-state index contributed by atoms with van der Waals surface area (Å²) in [6, 6.07) is 7.49. The number of para-hydroxylation sites is 1. The van der Waals surface area contributed by atoms with Crippen LogP contribution in [0.15, 0.2) is 24.3 Å². The van der Waals surface area contributed by atoms with Crippen LogP contribution in [0.1, 0.15) is 34.6 Å². The summed E-state index contributed by atoms with van der Waals surface area (Å²) in [6.07, 6.45) is 2.92. The van der Waals surface area contributed by atoms with Gasteiger partial charge in [0.1, 0.15) is 5.75 Å². The highest BCUT2D eigenvalue weighted by atomic mass is 35.5. The number of likely N-dealkylation sites (tertiary alicyclic amines) is 1. The first-order valence-electron chi connectivity index (χ1n) is 9.16. The van der Waals surface area contributed by atoms with Crippen LogP contribution in [0.25, 0.3) is 0 Å². The third-order valence-corrected chi connectivity index (χ3v) is 5.44. The summed E-state index contributed by atoms with van der Waals surface area (Å²) in [5, 5.41) is 11.3. The van der Waals surface area contributed by atoms with E-state index in [1.54, 1.807) is 0 Å². The Labute approximate surface area is 170 Å². The van der Waals surface area contributed by atoms with E-state index in [4.69, 9.17) is 16.3 Å². The fraction of sp³-hybridized carbons (Fsp3) is 0.474. The van der Waals surface area contributed by atoms with Gasteiger partial charge in [-0.05, 0) is 25.0 Å². The molecule has 6 nitrogen and oxygen atoms in total. The number of nitrogens with zero attached hydrogens (tertiary/aromatic N) is 2. The number of halogens is 2. The lowest BCUT2D eigenvalue weighted by atomic mass is 9.98. The van der Waals surface area contributed by atoms with Gasteiger partial charge in [0.05, 0.1) is 11.6 Å². The summed E-state index contributed by atoms with van der Waals surface area (Å²) >= 11 is 6.15. The number of amides is 1. The van der Waals surface area contributed by atoms with Gasteiger partial charge in [0, 0.05) is 49.8 Å². The SMILES string of the molecule is Cl.O=C(c1n[nH]c2c1CNCC2)N1CCCC(COc2ccccc2Cl)C1. The van der Waals surface area contributed by atoms with Gasteiger partial charge in [-0.25, -0.2) is 0 Å². The maximum absolute atomic E-state index is 13.0. The second kappa shape index (κ2) is 8.95. The molecule has 1 aromatic heterocycles. The fourth-order valence-corrected chi connectivity index (χ4v) is 3.90. The van der Waals surface area contributed by atoms with E-state index in [-0.39, 0.29) is 18.3 Å². The highest BCUT2D eigenvalue weighted by molar-refractivity contribution is 6.32. The summed E-state index contributed by atoms with van der Waals surface area (Å²) in [5.41, 5.74) is 2.68. The zero-order valence-electron chi connectivity index (χ0n) is 15.0. The number of H-pyrrole nitrogens is 1. The monoisotopic (exact) mass is 410 g/mol. The fourth-order valence-electron chi connectivity index (χ4n) is 3.71. The van der Waals surface area contributed by atoms with E-state index in [1.807, 2.05) is 29.2 Å². The minimum Gasteiger partial charge on any atom is -0.492 e. The predicted octanol–water partition coefficient (Wildman–Crippen LogP) is 3.06. The normalized spacial score (nSPS) is 19.1. The van der Waals surface area contributed by atoms with Crippen molar-refractivity contribution in [1.82, 2.24) is 20.4 Å². The van der Waals surface area contributed by atoms with E-state index < -0.39 is 0 Å². The molecule has 2 N–H and O–H groups in total. The molecule has 146 valence electrons. The molecule has 2 aromatic rings. The van der Waals surface area contributed by atoms with Crippen LogP contribution in [-0.4, -0.2) is 47.2 Å². The number of aromatic amines is 1. The molecule has 0 radical (unpaired) electrons. The lowest BCUT2D eigenvalue weighted by Gasteiger charge is -2.32. The van der Waals surface area contributed by atoms with Gasteiger partial charge >= 0.3 is 0 Å². The van der Waals surface area contributed by atoms with E-state index in [9.17, 15) is 4.79 Å². The van der Waals surface area contributed by atoms with Crippen LogP contribution < -0.4 is 10.1 Å². The zero-order chi connectivity index (χ0) is 17.9. The molecular formula is C19H24Cl2N4O2. The Kier molecular flexibility index (Phi) is 6.63. The van der Waals surface area contributed by atoms with Gasteiger partial charge in [0.15, 0.2) is 5.69 Å². The molecule has 1 amide bonds. The molecule has 3 heterocycles. The molecule has 0 spiro atoms.